The molecule has 1 aromatic carbocycles. The van der Waals surface area contributed by atoms with Gasteiger partial charge in [-0.3, -0.25) is 4.90 Å². The Morgan fingerprint density at radius 3 is 2.91 bits per heavy atom. The minimum atomic E-state index is -0.191. The number of rotatable bonds is 4. The van der Waals surface area contributed by atoms with Crippen LogP contribution in [-0.4, -0.2) is 48.8 Å². The molecule has 2 heterocycles. The minimum Gasteiger partial charge on any atom is -0.371 e. The standard InChI is InChI=1S/C16H21FN4O2/c1-11-8-12(4-5-13(11)17)14-9-21(6-7-22-14)10-15-18-16(19-23-15)20(2)3/h4-5,8,14H,6-7,9-10H2,1-3H3/t14-/m0/s1. The maximum atomic E-state index is 13.4. The Morgan fingerprint density at radius 2 is 2.22 bits per heavy atom. The highest BCUT2D eigenvalue weighted by molar-refractivity contribution is 5.26. The van der Waals surface area contributed by atoms with Gasteiger partial charge in [0.1, 0.15) is 5.82 Å². The maximum absolute atomic E-state index is 13.4. The minimum absolute atomic E-state index is 0.0701. The largest absolute Gasteiger partial charge is 0.371 e. The zero-order chi connectivity index (χ0) is 16.4. The van der Waals surface area contributed by atoms with Gasteiger partial charge in [0.05, 0.1) is 19.3 Å². The Bertz CT molecular complexity index is 674. The molecule has 0 radical (unpaired) electrons. The number of aryl methyl sites for hydroxylation is 1. The first-order valence-corrected chi connectivity index (χ1v) is 7.63. The molecule has 1 saturated heterocycles. The van der Waals surface area contributed by atoms with E-state index in [-0.39, 0.29) is 11.9 Å². The predicted octanol–water partition coefficient (Wildman–Crippen LogP) is 2.16. The van der Waals surface area contributed by atoms with Crippen LogP contribution in [0.3, 0.4) is 0 Å². The Balaban J connectivity index is 1.66. The van der Waals surface area contributed by atoms with Crippen molar-refractivity contribution in [3.8, 4) is 0 Å². The van der Waals surface area contributed by atoms with Crippen LogP contribution in [0, 0.1) is 12.7 Å². The van der Waals surface area contributed by atoms with Gasteiger partial charge in [0, 0.05) is 27.2 Å². The van der Waals surface area contributed by atoms with Crippen molar-refractivity contribution in [2.24, 2.45) is 0 Å². The van der Waals surface area contributed by atoms with E-state index in [1.165, 1.54) is 6.07 Å². The molecule has 0 spiro atoms. The van der Waals surface area contributed by atoms with E-state index in [0.717, 1.165) is 12.1 Å². The van der Waals surface area contributed by atoms with Gasteiger partial charge in [-0.1, -0.05) is 12.1 Å². The second-order valence-electron chi connectivity index (χ2n) is 5.99. The van der Waals surface area contributed by atoms with Crippen molar-refractivity contribution in [3.63, 3.8) is 0 Å². The van der Waals surface area contributed by atoms with Gasteiger partial charge in [-0.15, -0.1) is 0 Å². The van der Waals surface area contributed by atoms with Gasteiger partial charge in [-0.2, -0.15) is 4.98 Å². The van der Waals surface area contributed by atoms with Crippen LogP contribution in [0.4, 0.5) is 10.3 Å². The van der Waals surface area contributed by atoms with Crippen LogP contribution < -0.4 is 4.90 Å². The maximum Gasteiger partial charge on any atom is 0.265 e. The van der Waals surface area contributed by atoms with Crippen molar-refractivity contribution in [3.05, 3.63) is 41.0 Å². The summed E-state index contributed by atoms with van der Waals surface area (Å²) in [5, 5.41) is 3.92. The zero-order valence-electron chi connectivity index (χ0n) is 13.6. The fourth-order valence-electron chi connectivity index (χ4n) is 2.60. The number of aromatic nitrogens is 2. The molecule has 1 atom stereocenters. The summed E-state index contributed by atoms with van der Waals surface area (Å²) in [6.45, 7) is 4.48. The van der Waals surface area contributed by atoms with E-state index in [2.05, 4.69) is 15.0 Å². The number of anilines is 1. The van der Waals surface area contributed by atoms with Crippen LogP contribution in [-0.2, 0) is 11.3 Å². The van der Waals surface area contributed by atoms with Crippen LogP contribution in [0.1, 0.15) is 23.1 Å². The van der Waals surface area contributed by atoms with Crippen LogP contribution in [0.15, 0.2) is 22.7 Å². The summed E-state index contributed by atoms with van der Waals surface area (Å²) < 4.78 is 24.5. The lowest BCUT2D eigenvalue weighted by atomic mass is 10.0. The van der Waals surface area contributed by atoms with Crippen molar-refractivity contribution in [2.75, 3.05) is 38.7 Å². The van der Waals surface area contributed by atoms with Gasteiger partial charge in [0.25, 0.3) is 5.95 Å². The smallest absolute Gasteiger partial charge is 0.265 e. The molecule has 1 fully saturated rings. The Labute approximate surface area is 134 Å². The van der Waals surface area contributed by atoms with Crippen molar-refractivity contribution >= 4 is 5.95 Å². The lowest BCUT2D eigenvalue weighted by Gasteiger charge is -2.32. The number of hydrogen-bond acceptors (Lipinski definition) is 6. The summed E-state index contributed by atoms with van der Waals surface area (Å²) in [7, 11) is 3.74. The van der Waals surface area contributed by atoms with Crippen molar-refractivity contribution < 1.29 is 13.7 Å². The monoisotopic (exact) mass is 320 g/mol. The lowest BCUT2D eigenvalue weighted by Crippen LogP contribution is -2.37. The Kier molecular flexibility index (Phi) is 4.58. The molecule has 1 aliphatic rings. The highest BCUT2D eigenvalue weighted by Crippen LogP contribution is 2.25. The zero-order valence-corrected chi connectivity index (χ0v) is 13.6. The van der Waals surface area contributed by atoms with E-state index in [1.54, 1.807) is 17.9 Å². The number of nitrogens with zero attached hydrogens (tertiary/aromatic N) is 4. The summed E-state index contributed by atoms with van der Waals surface area (Å²) in [6, 6.07) is 5.13. The predicted molar refractivity (Wildman–Crippen MR) is 83.7 cm³/mol. The second kappa shape index (κ2) is 6.64. The Hall–Kier alpha value is -1.99. The third-order valence-electron chi connectivity index (χ3n) is 3.92. The SMILES string of the molecule is Cc1cc([C@@H]2CN(Cc3nc(N(C)C)no3)CCO2)ccc1F. The highest BCUT2D eigenvalue weighted by Gasteiger charge is 2.24. The number of ether oxygens (including phenoxy) is 1. The molecule has 1 aliphatic heterocycles. The van der Waals surface area contributed by atoms with E-state index in [0.29, 0.717) is 37.1 Å². The molecule has 1 aromatic heterocycles. The van der Waals surface area contributed by atoms with Gasteiger partial charge in [-0.05, 0) is 29.3 Å². The normalized spacial score (nSPS) is 19.0. The Morgan fingerprint density at radius 1 is 1.39 bits per heavy atom. The first-order valence-electron chi connectivity index (χ1n) is 7.63. The fraction of sp³-hybridized carbons (Fsp3) is 0.500. The van der Waals surface area contributed by atoms with E-state index in [1.807, 2.05) is 20.2 Å². The first-order chi connectivity index (χ1) is 11.0. The topological polar surface area (TPSA) is 54.6 Å². The van der Waals surface area contributed by atoms with E-state index in [4.69, 9.17) is 9.26 Å². The summed E-state index contributed by atoms with van der Waals surface area (Å²) in [5.41, 5.74) is 1.63. The number of halogens is 1. The van der Waals surface area contributed by atoms with E-state index in [9.17, 15) is 4.39 Å². The third kappa shape index (κ3) is 3.68. The first kappa shape index (κ1) is 15.9. The molecule has 3 rings (SSSR count). The molecule has 0 bridgehead atoms. The molecule has 7 heteroatoms. The average Bonchev–Trinajstić information content (AvgIpc) is 2.99. The highest BCUT2D eigenvalue weighted by atomic mass is 19.1. The summed E-state index contributed by atoms with van der Waals surface area (Å²) in [5.74, 6) is 0.965. The van der Waals surface area contributed by atoms with Crippen molar-refractivity contribution in [1.82, 2.24) is 15.0 Å². The van der Waals surface area contributed by atoms with Gasteiger partial charge in [0.2, 0.25) is 5.89 Å². The van der Waals surface area contributed by atoms with Crippen molar-refractivity contribution in [2.45, 2.75) is 19.6 Å². The quantitative estimate of drug-likeness (QED) is 0.860. The van der Waals surface area contributed by atoms with Crippen LogP contribution in [0.25, 0.3) is 0 Å². The molecule has 0 N–H and O–H groups in total. The summed E-state index contributed by atoms with van der Waals surface area (Å²) in [4.78, 5) is 8.35. The van der Waals surface area contributed by atoms with E-state index >= 15 is 0 Å². The molecule has 124 valence electrons. The lowest BCUT2D eigenvalue weighted by molar-refractivity contribution is -0.0356. The number of benzene rings is 1. The number of hydrogen-bond donors (Lipinski definition) is 0. The molecule has 0 unspecified atom stereocenters. The van der Waals surface area contributed by atoms with Crippen LogP contribution in [0.2, 0.25) is 0 Å². The molecule has 23 heavy (non-hydrogen) atoms. The van der Waals surface area contributed by atoms with Gasteiger partial charge < -0.3 is 14.2 Å². The summed E-state index contributed by atoms with van der Waals surface area (Å²) in [6.07, 6.45) is -0.0701. The fourth-order valence-corrected chi connectivity index (χ4v) is 2.60. The molecular weight excluding hydrogens is 299 g/mol. The average molecular weight is 320 g/mol. The molecule has 0 amide bonds. The molecule has 0 aliphatic carbocycles. The third-order valence-corrected chi connectivity index (χ3v) is 3.92. The number of morpholine rings is 1. The molecule has 6 nitrogen and oxygen atoms in total. The molecule has 0 saturated carbocycles. The molecule has 2 aromatic rings. The van der Waals surface area contributed by atoms with Crippen LogP contribution in [0.5, 0.6) is 0 Å². The van der Waals surface area contributed by atoms with Crippen molar-refractivity contribution in [1.29, 1.82) is 0 Å². The van der Waals surface area contributed by atoms with Crippen LogP contribution >= 0.6 is 0 Å². The van der Waals surface area contributed by atoms with Gasteiger partial charge in [0.15, 0.2) is 0 Å². The summed E-state index contributed by atoms with van der Waals surface area (Å²) >= 11 is 0. The second-order valence-corrected chi connectivity index (χ2v) is 5.99. The van der Waals surface area contributed by atoms with Gasteiger partial charge in [-0.25, -0.2) is 4.39 Å². The van der Waals surface area contributed by atoms with E-state index < -0.39 is 0 Å². The van der Waals surface area contributed by atoms with Gasteiger partial charge >= 0.3 is 0 Å². The molecular formula is C16H21FN4O2.